The summed E-state index contributed by atoms with van der Waals surface area (Å²) in [6, 6.07) is 23.7. The molecule has 41 heavy (non-hydrogen) atoms. The predicted octanol–water partition coefficient (Wildman–Crippen LogP) is 8.05. The number of furan rings is 1. The molecule has 0 bridgehead atoms. The molecule has 0 spiro atoms. The molecule has 212 valence electrons. The number of nitrogens with one attached hydrogen (secondary N) is 1. The van der Waals surface area contributed by atoms with Crippen molar-refractivity contribution in [2.75, 3.05) is 29.5 Å². The highest BCUT2D eigenvalue weighted by atomic mass is 35.5. The van der Waals surface area contributed by atoms with E-state index >= 15 is 0 Å². The molecule has 4 heterocycles. The number of ether oxygens (including phenoxy) is 1. The largest absolute Gasteiger partial charge is 0.494 e. The average Bonchev–Trinajstić information content (AvgIpc) is 3.58. The second-order valence-corrected chi connectivity index (χ2v) is 11.9. The number of halogens is 1. The van der Waals surface area contributed by atoms with Gasteiger partial charge in [-0.15, -0.1) is 0 Å². The van der Waals surface area contributed by atoms with Crippen molar-refractivity contribution in [2.45, 2.75) is 39.3 Å². The van der Waals surface area contributed by atoms with Gasteiger partial charge in [0.05, 0.1) is 29.1 Å². The van der Waals surface area contributed by atoms with E-state index in [0.29, 0.717) is 23.6 Å². The summed E-state index contributed by atoms with van der Waals surface area (Å²) in [4.78, 5) is 9.18. The van der Waals surface area contributed by atoms with Gasteiger partial charge < -0.3 is 24.3 Å². The summed E-state index contributed by atoms with van der Waals surface area (Å²) < 4.78 is 12.1. The molecule has 4 atom stereocenters. The van der Waals surface area contributed by atoms with Gasteiger partial charge in [-0.1, -0.05) is 31.5 Å². The van der Waals surface area contributed by atoms with Gasteiger partial charge in [-0.2, -0.15) is 0 Å². The zero-order chi connectivity index (χ0) is 28.5. The summed E-state index contributed by atoms with van der Waals surface area (Å²) >= 11 is 12.9. The topological polar surface area (TPSA) is 53.8 Å². The number of benzene rings is 2. The quantitative estimate of drug-likeness (QED) is 0.220. The lowest BCUT2D eigenvalue weighted by atomic mass is 9.91. The fourth-order valence-corrected chi connectivity index (χ4v) is 6.87. The Kier molecular flexibility index (Phi) is 7.91. The number of anilines is 2. The molecule has 6 rings (SSSR count). The van der Waals surface area contributed by atoms with E-state index in [2.05, 4.69) is 46.1 Å². The number of aromatic nitrogens is 1. The van der Waals surface area contributed by atoms with Crippen LogP contribution < -0.4 is 19.9 Å². The number of pyridine rings is 1. The third-order valence-electron chi connectivity index (χ3n) is 7.89. The summed E-state index contributed by atoms with van der Waals surface area (Å²) in [7, 11) is 0. The Morgan fingerprint density at radius 2 is 1.80 bits per heavy atom. The fraction of sp³-hybridized carbons (Fsp3) is 0.333. The molecule has 0 saturated carbocycles. The highest BCUT2D eigenvalue weighted by molar-refractivity contribution is 7.80. The van der Waals surface area contributed by atoms with Gasteiger partial charge in [-0.05, 0) is 104 Å². The maximum absolute atomic E-state index is 6.97. The van der Waals surface area contributed by atoms with Crippen molar-refractivity contribution in [2.24, 2.45) is 11.8 Å². The zero-order valence-electron chi connectivity index (χ0n) is 23.6. The van der Waals surface area contributed by atoms with Crippen LogP contribution >= 0.6 is 23.8 Å². The van der Waals surface area contributed by atoms with Crippen molar-refractivity contribution in [3.8, 4) is 17.1 Å². The van der Waals surface area contributed by atoms with Crippen LogP contribution in [0.4, 0.5) is 11.4 Å². The molecule has 0 aliphatic carbocycles. The molecule has 1 N–H and O–H groups in total. The number of hydrogen-bond donors (Lipinski definition) is 1. The lowest BCUT2D eigenvalue weighted by molar-refractivity contribution is 0.340. The van der Waals surface area contributed by atoms with E-state index in [9.17, 15) is 0 Å². The monoisotopic (exact) mass is 586 g/mol. The van der Waals surface area contributed by atoms with Crippen molar-refractivity contribution < 1.29 is 9.15 Å². The molecule has 2 aromatic heterocycles. The summed E-state index contributed by atoms with van der Waals surface area (Å²) in [6.07, 6.45) is 3.05. The van der Waals surface area contributed by atoms with E-state index in [4.69, 9.17) is 33.0 Å². The number of nitrogens with zero attached hydrogens (tertiary/aromatic N) is 3. The Balaban J connectivity index is 1.35. The second kappa shape index (κ2) is 11.7. The molecule has 0 radical (unpaired) electrons. The van der Waals surface area contributed by atoms with Gasteiger partial charge in [0.1, 0.15) is 23.3 Å². The van der Waals surface area contributed by atoms with Gasteiger partial charge in [-0.25, -0.2) is 0 Å². The summed E-state index contributed by atoms with van der Waals surface area (Å²) in [5.74, 6) is 3.68. The molecule has 2 aliphatic rings. The molecule has 8 heteroatoms. The summed E-state index contributed by atoms with van der Waals surface area (Å²) in [5.41, 5.74) is 3.85. The first kappa shape index (κ1) is 27.6. The van der Waals surface area contributed by atoms with E-state index in [1.54, 1.807) is 6.20 Å². The Morgan fingerprint density at radius 1 is 1.02 bits per heavy atom. The number of hydrogen-bond acceptors (Lipinski definition) is 5. The highest BCUT2D eigenvalue weighted by Crippen LogP contribution is 2.44. The van der Waals surface area contributed by atoms with Gasteiger partial charge in [0.2, 0.25) is 0 Å². The first-order valence-electron chi connectivity index (χ1n) is 14.3. The van der Waals surface area contributed by atoms with Crippen LogP contribution in [0, 0.1) is 11.8 Å². The number of rotatable bonds is 7. The molecule has 2 saturated heterocycles. The van der Waals surface area contributed by atoms with Gasteiger partial charge in [-0.3, -0.25) is 4.98 Å². The molecule has 6 nitrogen and oxygen atoms in total. The summed E-state index contributed by atoms with van der Waals surface area (Å²) in [6.45, 7) is 9.26. The predicted molar refractivity (Wildman–Crippen MR) is 170 cm³/mol. The van der Waals surface area contributed by atoms with Crippen molar-refractivity contribution >= 4 is 40.3 Å². The smallest absolute Gasteiger partial charge is 0.174 e. The zero-order valence-corrected chi connectivity index (χ0v) is 25.2. The third-order valence-corrected chi connectivity index (χ3v) is 8.50. The number of thiocarbonyl (C=S) groups is 1. The van der Waals surface area contributed by atoms with Crippen LogP contribution in [-0.2, 0) is 0 Å². The molecular formula is C33H35ClN4O2S. The molecule has 0 amide bonds. The van der Waals surface area contributed by atoms with Crippen LogP contribution in [0.1, 0.15) is 50.7 Å². The molecule has 0 unspecified atom stereocenters. The standard InChI is InChI=1S/C33H35ClN4O2S/c1-4-39-25-11-8-23(9-12-25)29-14-15-30(40-29)32-31(27-7-5-6-16-35-27)36-33(41)38(32)24-10-13-28(26(34)18-24)37-19-21(2)17-22(3)20-37/h5-16,18,21-22,31-32H,4,17,19-20H2,1-3H3,(H,36,41)/t21-,22+,31-,32-/m1/s1. The van der Waals surface area contributed by atoms with E-state index in [0.717, 1.165) is 58.0 Å². The van der Waals surface area contributed by atoms with Gasteiger partial charge in [0, 0.05) is 30.5 Å². The third kappa shape index (κ3) is 5.66. The van der Waals surface area contributed by atoms with E-state index in [-0.39, 0.29) is 12.1 Å². The molecule has 2 aromatic carbocycles. The van der Waals surface area contributed by atoms with Crippen molar-refractivity contribution in [1.29, 1.82) is 0 Å². The normalized spacial score (nSPS) is 22.6. The minimum absolute atomic E-state index is 0.203. The Bertz CT molecular complexity index is 1500. The van der Waals surface area contributed by atoms with Crippen molar-refractivity contribution in [3.63, 3.8) is 0 Å². The maximum Gasteiger partial charge on any atom is 0.174 e. The van der Waals surface area contributed by atoms with E-state index in [1.165, 1.54) is 6.42 Å². The maximum atomic E-state index is 6.97. The Morgan fingerprint density at radius 3 is 2.49 bits per heavy atom. The van der Waals surface area contributed by atoms with Crippen LogP contribution in [0.3, 0.4) is 0 Å². The Hall–Kier alpha value is -3.55. The highest BCUT2D eigenvalue weighted by Gasteiger charge is 2.43. The van der Waals surface area contributed by atoms with Crippen LogP contribution in [-0.4, -0.2) is 29.8 Å². The van der Waals surface area contributed by atoms with Gasteiger partial charge in [0.25, 0.3) is 0 Å². The SMILES string of the molecule is CCOc1ccc(-c2ccc([C@@H]3[C@@H](c4ccccn4)NC(=S)N3c3ccc(N4C[C@H](C)C[C@H](C)C4)c(Cl)c3)o2)cc1. The second-order valence-electron chi connectivity index (χ2n) is 11.1. The average molecular weight is 587 g/mol. The minimum Gasteiger partial charge on any atom is -0.494 e. The van der Waals surface area contributed by atoms with Crippen LogP contribution in [0.25, 0.3) is 11.3 Å². The van der Waals surface area contributed by atoms with Crippen LogP contribution in [0.15, 0.2) is 83.4 Å². The van der Waals surface area contributed by atoms with Gasteiger partial charge in [0.15, 0.2) is 5.11 Å². The molecule has 2 fully saturated rings. The van der Waals surface area contributed by atoms with Crippen LogP contribution in [0.5, 0.6) is 5.75 Å². The lowest BCUT2D eigenvalue weighted by Crippen LogP contribution is -2.38. The first-order chi connectivity index (χ1) is 19.9. The minimum atomic E-state index is -0.259. The lowest BCUT2D eigenvalue weighted by Gasteiger charge is -2.37. The number of piperidine rings is 1. The molecule has 4 aromatic rings. The van der Waals surface area contributed by atoms with E-state index in [1.807, 2.05) is 67.6 Å². The Labute approximate surface area is 252 Å². The van der Waals surface area contributed by atoms with E-state index < -0.39 is 0 Å². The fourth-order valence-electron chi connectivity index (χ4n) is 6.23. The first-order valence-corrected chi connectivity index (χ1v) is 15.1. The van der Waals surface area contributed by atoms with Gasteiger partial charge >= 0.3 is 0 Å². The molecular weight excluding hydrogens is 552 g/mol. The summed E-state index contributed by atoms with van der Waals surface area (Å²) in [5, 5.41) is 4.84. The van der Waals surface area contributed by atoms with Crippen LogP contribution in [0.2, 0.25) is 5.02 Å². The van der Waals surface area contributed by atoms with Crippen molar-refractivity contribution in [3.05, 3.63) is 95.5 Å². The molecule has 2 aliphatic heterocycles. The van der Waals surface area contributed by atoms with Crippen molar-refractivity contribution in [1.82, 2.24) is 10.3 Å².